The number of fused-ring (bicyclic) bond motifs is 1. The number of nitrogens with zero attached hydrogens (tertiary/aromatic N) is 2. The van der Waals surface area contributed by atoms with Crippen molar-refractivity contribution >= 4 is 23.5 Å². The third-order valence-electron chi connectivity index (χ3n) is 5.72. The highest BCUT2D eigenvalue weighted by Crippen LogP contribution is 2.27. The van der Waals surface area contributed by atoms with Gasteiger partial charge in [0.2, 0.25) is 0 Å². The van der Waals surface area contributed by atoms with Crippen molar-refractivity contribution in [1.82, 2.24) is 26.2 Å². The number of aliphatic imine (C=N–C) groups is 1. The maximum absolute atomic E-state index is 14.5. The van der Waals surface area contributed by atoms with Gasteiger partial charge in [0.1, 0.15) is 12.0 Å². The second kappa shape index (κ2) is 9.85. The third-order valence-corrected chi connectivity index (χ3v) is 5.94. The van der Waals surface area contributed by atoms with Gasteiger partial charge in [-0.2, -0.15) is 0 Å². The van der Waals surface area contributed by atoms with Gasteiger partial charge in [-0.1, -0.05) is 25.4 Å². The molecule has 0 aromatic carbocycles. The number of ether oxygens (including phenoxy) is 1. The van der Waals surface area contributed by atoms with Crippen LogP contribution in [0.15, 0.2) is 51.3 Å². The SMILES string of the molecule is CC(C)COC(=O)N1CCC[C@H](CNC2=C(F)CNC(C3=CNC4NC=C(Cl)C=C34)=N2)C1. The van der Waals surface area contributed by atoms with Gasteiger partial charge in [0.15, 0.2) is 11.6 Å². The number of piperidine rings is 1. The van der Waals surface area contributed by atoms with E-state index < -0.39 is 0 Å². The van der Waals surface area contributed by atoms with Crippen LogP contribution in [0.3, 0.4) is 0 Å². The van der Waals surface area contributed by atoms with Gasteiger partial charge < -0.3 is 30.9 Å². The van der Waals surface area contributed by atoms with E-state index in [1.54, 1.807) is 11.1 Å². The fourth-order valence-electron chi connectivity index (χ4n) is 4.07. The van der Waals surface area contributed by atoms with Crippen LogP contribution < -0.4 is 21.3 Å². The number of amides is 1. The minimum atomic E-state index is -0.338. The van der Waals surface area contributed by atoms with Crippen molar-refractivity contribution in [3.8, 4) is 0 Å². The molecule has 0 aliphatic carbocycles. The Kier molecular flexibility index (Phi) is 6.93. The van der Waals surface area contributed by atoms with Gasteiger partial charge in [0.05, 0.1) is 18.2 Å². The zero-order chi connectivity index (χ0) is 22.7. The largest absolute Gasteiger partial charge is 0.449 e. The van der Waals surface area contributed by atoms with Crippen LogP contribution in [0, 0.1) is 11.8 Å². The summed E-state index contributed by atoms with van der Waals surface area (Å²) in [5.41, 5.74) is 1.80. The van der Waals surface area contributed by atoms with Crippen molar-refractivity contribution in [3.05, 3.63) is 46.3 Å². The monoisotopic (exact) mass is 464 g/mol. The van der Waals surface area contributed by atoms with Crippen molar-refractivity contribution in [2.75, 3.05) is 32.8 Å². The molecule has 1 fully saturated rings. The van der Waals surface area contributed by atoms with Crippen LogP contribution in [0.2, 0.25) is 0 Å². The fourth-order valence-corrected chi connectivity index (χ4v) is 4.25. The molecule has 10 heteroatoms. The Hall–Kier alpha value is -2.68. The number of hydrogen-bond donors (Lipinski definition) is 4. The number of likely N-dealkylation sites (tertiary alicyclic amines) is 1. The molecule has 4 N–H and O–H groups in total. The molecule has 1 amide bonds. The Balaban J connectivity index is 1.36. The second-order valence-electron chi connectivity index (χ2n) is 8.83. The molecule has 1 unspecified atom stereocenters. The number of amidine groups is 1. The van der Waals surface area contributed by atoms with E-state index in [0.717, 1.165) is 24.0 Å². The summed E-state index contributed by atoms with van der Waals surface area (Å²) < 4.78 is 19.9. The minimum Gasteiger partial charge on any atom is -0.449 e. The predicted molar refractivity (Wildman–Crippen MR) is 122 cm³/mol. The van der Waals surface area contributed by atoms with Gasteiger partial charge in [-0.25, -0.2) is 14.2 Å². The maximum atomic E-state index is 14.5. The number of hydrogen-bond acceptors (Lipinski definition) is 7. The number of carbonyl (C=O) groups is 1. The molecule has 174 valence electrons. The quantitative estimate of drug-likeness (QED) is 0.483. The third kappa shape index (κ3) is 5.20. The smallest absolute Gasteiger partial charge is 0.409 e. The minimum absolute atomic E-state index is 0.0613. The summed E-state index contributed by atoms with van der Waals surface area (Å²) in [5, 5.41) is 13.2. The molecule has 8 nitrogen and oxygen atoms in total. The van der Waals surface area contributed by atoms with Crippen LogP contribution in [0.1, 0.15) is 26.7 Å². The van der Waals surface area contributed by atoms with E-state index in [2.05, 4.69) is 26.3 Å². The predicted octanol–water partition coefficient (Wildman–Crippen LogP) is 2.64. The summed E-state index contributed by atoms with van der Waals surface area (Å²) >= 11 is 6.13. The number of allylic oxidation sites excluding steroid dienone is 2. The first-order valence-electron chi connectivity index (χ1n) is 11.1. The van der Waals surface area contributed by atoms with Crippen LogP contribution >= 0.6 is 11.6 Å². The molecule has 0 radical (unpaired) electrons. The lowest BCUT2D eigenvalue weighted by Crippen LogP contribution is -2.43. The molecule has 1 saturated heterocycles. The highest BCUT2D eigenvalue weighted by Gasteiger charge is 2.30. The molecule has 4 heterocycles. The Bertz CT molecular complexity index is 910. The molecule has 4 aliphatic rings. The molecule has 4 aliphatic heterocycles. The Morgan fingerprint density at radius 2 is 2.22 bits per heavy atom. The average molecular weight is 465 g/mol. The lowest BCUT2D eigenvalue weighted by Gasteiger charge is -2.32. The van der Waals surface area contributed by atoms with E-state index in [0.29, 0.717) is 43.0 Å². The van der Waals surface area contributed by atoms with Crippen LogP contribution in [0.5, 0.6) is 0 Å². The first-order chi connectivity index (χ1) is 15.4. The average Bonchev–Trinajstić information content (AvgIpc) is 3.20. The molecule has 4 rings (SSSR count). The van der Waals surface area contributed by atoms with Gasteiger partial charge >= 0.3 is 6.09 Å². The van der Waals surface area contributed by atoms with E-state index >= 15 is 0 Å². The van der Waals surface area contributed by atoms with Crippen molar-refractivity contribution in [2.45, 2.75) is 32.9 Å². The summed E-state index contributed by atoms with van der Waals surface area (Å²) in [6.07, 6.45) is 6.97. The number of carbonyl (C=O) groups excluding carboxylic acids is 1. The van der Waals surface area contributed by atoms with E-state index in [4.69, 9.17) is 16.3 Å². The van der Waals surface area contributed by atoms with Gasteiger partial charge in [0, 0.05) is 43.2 Å². The molecule has 0 aromatic heterocycles. The highest BCUT2D eigenvalue weighted by molar-refractivity contribution is 6.31. The molecule has 0 aromatic rings. The van der Waals surface area contributed by atoms with Crippen molar-refractivity contribution in [1.29, 1.82) is 0 Å². The number of dihydropyridines is 1. The standard InChI is InChI=1S/C22H30ClFN6O2/c1-13(2)12-32-22(31)30-5-3-4-14(11-30)7-25-21-18(24)10-28-20(29-21)17-9-27-19-16(17)6-15(23)8-26-19/h6,8-9,13-14,19,25-27H,3-5,7,10-12H2,1-2H3,(H,28,29)/t14-,19?/m1/s1. The van der Waals surface area contributed by atoms with Crippen LogP contribution in [0.4, 0.5) is 9.18 Å². The zero-order valence-electron chi connectivity index (χ0n) is 18.4. The Morgan fingerprint density at radius 1 is 1.41 bits per heavy atom. The summed E-state index contributed by atoms with van der Waals surface area (Å²) in [4.78, 5) is 18.5. The Morgan fingerprint density at radius 3 is 3.03 bits per heavy atom. The number of rotatable bonds is 6. The van der Waals surface area contributed by atoms with E-state index in [9.17, 15) is 9.18 Å². The van der Waals surface area contributed by atoms with Crippen LogP contribution in [-0.4, -0.2) is 55.8 Å². The number of nitrogens with one attached hydrogen (secondary N) is 4. The van der Waals surface area contributed by atoms with Gasteiger partial charge in [-0.3, -0.25) is 0 Å². The fraction of sp³-hybridized carbons (Fsp3) is 0.545. The van der Waals surface area contributed by atoms with Crippen molar-refractivity contribution < 1.29 is 13.9 Å². The number of halogens is 2. The molecular formula is C22H30ClFN6O2. The molecule has 2 atom stereocenters. The molecular weight excluding hydrogens is 435 g/mol. The second-order valence-corrected chi connectivity index (χ2v) is 9.26. The summed E-state index contributed by atoms with van der Waals surface area (Å²) in [6.45, 7) is 6.32. The van der Waals surface area contributed by atoms with E-state index in [1.165, 1.54) is 0 Å². The zero-order valence-corrected chi connectivity index (χ0v) is 19.1. The summed E-state index contributed by atoms with van der Waals surface area (Å²) in [7, 11) is 0. The first-order valence-corrected chi connectivity index (χ1v) is 11.5. The molecule has 32 heavy (non-hydrogen) atoms. The van der Waals surface area contributed by atoms with Crippen molar-refractivity contribution in [3.63, 3.8) is 0 Å². The van der Waals surface area contributed by atoms with E-state index in [-0.39, 0.29) is 36.4 Å². The lowest BCUT2D eigenvalue weighted by molar-refractivity contribution is 0.0761. The first kappa shape index (κ1) is 22.5. The van der Waals surface area contributed by atoms with Gasteiger partial charge in [-0.05, 0) is 30.8 Å². The van der Waals surface area contributed by atoms with Gasteiger partial charge in [0.25, 0.3) is 0 Å². The van der Waals surface area contributed by atoms with Crippen LogP contribution in [0.25, 0.3) is 0 Å². The van der Waals surface area contributed by atoms with E-state index in [1.807, 2.05) is 26.1 Å². The highest BCUT2D eigenvalue weighted by atomic mass is 35.5. The topological polar surface area (TPSA) is 90.0 Å². The van der Waals surface area contributed by atoms with Gasteiger partial charge in [-0.15, -0.1) is 0 Å². The van der Waals surface area contributed by atoms with Crippen LogP contribution in [-0.2, 0) is 4.74 Å². The summed E-state index contributed by atoms with van der Waals surface area (Å²) in [6, 6.07) is 0. The maximum Gasteiger partial charge on any atom is 0.409 e. The molecule has 0 bridgehead atoms. The Labute approximate surface area is 192 Å². The molecule has 0 spiro atoms. The molecule has 0 saturated carbocycles. The normalized spacial score (nSPS) is 25.0. The van der Waals surface area contributed by atoms with Crippen molar-refractivity contribution in [2.24, 2.45) is 16.8 Å². The lowest BCUT2D eigenvalue weighted by atomic mass is 9.98. The summed E-state index contributed by atoms with van der Waals surface area (Å²) in [5.74, 6) is 0.986.